The maximum absolute atomic E-state index is 13.3. The summed E-state index contributed by atoms with van der Waals surface area (Å²) in [5, 5.41) is 0. The second-order valence-corrected chi connectivity index (χ2v) is 4.15. The Balaban J connectivity index is 2.36. The summed E-state index contributed by atoms with van der Waals surface area (Å²) in [6, 6.07) is 6.62. The first kappa shape index (κ1) is 8.76. The molecule has 1 fully saturated rings. The average molecular weight is 197 g/mol. The SMILES string of the molecule is C=C(c1ccccc1F)C1(Cl)CC1. The van der Waals surface area contributed by atoms with Gasteiger partial charge in [0, 0.05) is 5.56 Å². The molecule has 1 aromatic carbocycles. The third-order valence-electron chi connectivity index (χ3n) is 2.43. The largest absolute Gasteiger partial charge is 0.206 e. The van der Waals surface area contributed by atoms with Crippen molar-refractivity contribution in [1.82, 2.24) is 0 Å². The first-order chi connectivity index (χ1) is 6.13. The van der Waals surface area contributed by atoms with Gasteiger partial charge in [0.05, 0.1) is 4.87 Å². The summed E-state index contributed by atoms with van der Waals surface area (Å²) < 4.78 is 13.3. The first-order valence-electron chi connectivity index (χ1n) is 4.27. The Bertz CT molecular complexity index is 353. The van der Waals surface area contributed by atoms with E-state index in [4.69, 9.17) is 11.6 Å². The third kappa shape index (κ3) is 1.49. The molecular formula is C11H10ClF. The summed E-state index contributed by atoms with van der Waals surface area (Å²) in [6.07, 6.45) is 1.81. The quantitative estimate of drug-likeness (QED) is 0.634. The fraction of sp³-hybridized carbons (Fsp3) is 0.273. The molecule has 2 heteroatoms. The molecule has 1 saturated carbocycles. The van der Waals surface area contributed by atoms with Gasteiger partial charge >= 0.3 is 0 Å². The lowest BCUT2D eigenvalue weighted by molar-refractivity contribution is 0.623. The van der Waals surface area contributed by atoms with Crippen LogP contribution in [0.3, 0.4) is 0 Å². The maximum atomic E-state index is 13.3. The molecule has 0 amide bonds. The smallest absolute Gasteiger partial charge is 0.130 e. The van der Waals surface area contributed by atoms with Crippen molar-refractivity contribution in [1.29, 1.82) is 0 Å². The molecule has 0 N–H and O–H groups in total. The normalized spacial score (nSPS) is 18.3. The van der Waals surface area contributed by atoms with Crippen molar-refractivity contribution < 1.29 is 4.39 Å². The molecule has 13 heavy (non-hydrogen) atoms. The summed E-state index contributed by atoms with van der Waals surface area (Å²) in [5.41, 5.74) is 1.27. The fourth-order valence-corrected chi connectivity index (χ4v) is 1.56. The van der Waals surface area contributed by atoms with Crippen LogP contribution in [-0.4, -0.2) is 4.87 Å². The van der Waals surface area contributed by atoms with Gasteiger partial charge in [-0.3, -0.25) is 0 Å². The molecule has 0 aliphatic heterocycles. The van der Waals surface area contributed by atoms with E-state index in [0.717, 1.165) is 12.8 Å². The van der Waals surface area contributed by atoms with Crippen LogP contribution in [0.25, 0.3) is 5.57 Å². The molecular weight excluding hydrogens is 187 g/mol. The van der Waals surface area contributed by atoms with E-state index in [1.165, 1.54) is 6.07 Å². The molecule has 0 saturated heterocycles. The predicted octanol–water partition coefficient (Wildman–Crippen LogP) is 3.61. The zero-order valence-electron chi connectivity index (χ0n) is 7.19. The second kappa shape index (κ2) is 2.85. The Morgan fingerprint density at radius 1 is 1.38 bits per heavy atom. The average Bonchev–Trinajstić information content (AvgIpc) is 2.85. The minimum Gasteiger partial charge on any atom is -0.206 e. The van der Waals surface area contributed by atoms with Gasteiger partial charge in [-0.2, -0.15) is 0 Å². The molecule has 0 nitrogen and oxygen atoms in total. The van der Waals surface area contributed by atoms with E-state index in [0.29, 0.717) is 11.1 Å². The van der Waals surface area contributed by atoms with Crippen LogP contribution in [0.2, 0.25) is 0 Å². The van der Waals surface area contributed by atoms with Gasteiger partial charge in [0.15, 0.2) is 0 Å². The van der Waals surface area contributed by atoms with Crippen LogP contribution in [0.5, 0.6) is 0 Å². The van der Waals surface area contributed by atoms with E-state index in [9.17, 15) is 4.39 Å². The van der Waals surface area contributed by atoms with Gasteiger partial charge in [-0.25, -0.2) is 4.39 Å². The minimum absolute atomic E-state index is 0.237. The molecule has 0 bridgehead atoms. The third-order valence-corrected chi connectivity index (χ3v) is 3.03. The summed E-state index contributed by atoms with van der Waals surface area (Å²) in [7, 11) is 0. The summed E-state index contributed by atoms with van der Waals surface area (Å²) in [4.78, 5) is -0.359. The molecule has 0 spiro atoms. The van der Waals surface area contributed by atoms with Gasteiger partial charge in [0.25, 0.3) is 0 Å². The molecule has 1 aromatic rings. The highest BCUT2D eigenvalue weighted by atomic mass is 35.5. The highest BCUT2D eigenvalue weighted by Gasteiger charge is 2.44. The van der Waals surface area contributed by atoms with Gasteiger partial charge in [-0.05, 0) is 24.5 Å². The maximum Gasteiger partial charge on any atom is 0.130 e. The van der Waals surface area contributed by atoms with Crippen molar-refractivity contribution in [3.8, 4) is 0 Å². The Morgan fingerprint density at radius 2 is 2.00 bits per heavy atom. The number of alkyl halides is 1. The van der Waals surface area contributed by atoms with Crippen molar-refractivity contribution in [2.24, 2.45) is 0 Å². The van der Waals surface area contributed by atoms with Crippen LogP contribution in [0, 0.1) is 5.82 Å². The Hall–Kier alpha value is -0.820. The van der Waals surface area contributed by atoms with Crippen LogP contribution in [0.1, 0.15) is 18.4 Å². The molecule has 2 rings (SSSR count). The van der Waals surface area contributed by atoms with Crippen molar-refractivity contribution in [3.05, 3.63) is 42.2 Å². The van der Waals surface area contributed by atoms with Gasteiger partial charge < -0.3 is 0 Å². The molecule has 1 aliphatic rings. The topological polar surface area (TPSA) is 0 Å². The zero-order chi connectivity index (χ0) is 9.47. The molecule has 0 radical (unpaired) electrons. The van der Waals surface area contributed by atoms with Crippen molar-refractivity contribution in [3.63, 3.8) is 0 Å². The zero-order valence-corrected chi connectivity index (χ0v) is 7.94. The standard InChI is InChI=1S/C11H10ClF/c1-8(11(12)6-7-11)9-4-2-3-5-10(9)13/h2-5H,1,6-7H2. The van der Waals surface area contributed by atoms with E-state index in [1.807, 2.05) is 0 Å². The Morgan fingerprint density at radius 3 is 2.54 bits per heavy atom. The summed E-state index contributed by atoms with van der Waals surface area (Å²) in [6.45, 7) is 3.85. The van der Waals surface area contributed by atoms with Crippen molar-refractivity contribution in [2.75, 3.05) is 0 Å². The molecule has 0 atom stereocenters. The van der Waals surface area contributed by atoms with Crippen LogP contribution in [0.4, 0.5) is 4.39 Å². The van der Waals surface area contributed by atoms with Crippen LogP contribution < -0.4 is 0 Å². The van der Waals surface area contributed by atoms with E-state index in [2.05, 4.69) is 6.58 Å². The number of hydrogen-bond acceptors (Lipinski definition) is 0. The fourth-order valence-electron chi connectivity index (χ4n) is 1.36. The number of halogens is 2. The van der Waals surface area contributed by atoms with E-state index in [1.54, 1.807) is 18.2 Å². The highest BCUT2D eigenvalue weighted by molar-refractivity contribution is 6.32. The lowest BCUT2D eigenvalue weighted by Crippen LogP contribution is -2.02. The summed E-state index contributed by atoms with van der Waals surface area (Å²) >= 11 is 6.14. The Kier molecular flexibility index (Phi) is 1.92. The number of hydrogen-bond donors (Lipinski definition) is 0. The van der Waals surface area contributed by atoms with Crippen molar-refractivity contribution in [2.45, 2.75) is 17.7 Å². The molecule has 0 unspecified atom stereocenters. The van der Waals surface area contributed by atoms with Gasteiger partial charge in [0.1, 0.15) is 5.82 Å². The Labute approximate surface area is 82.0 Å². The van der Waals surface area contributed by atoms with Crippen LogP contribution >= 0.6 is 11.6 Å². The van der Waals surface area contributed by atoms with E-state index >= 15 is 0 Å². The van der Waals surface area contributed by atoms with Crippen LogP contribution in [-0.2, 0) is 0 Å². The van der Waals surface area contributed by atoms with E-state index in [-0.39, 0.29) is 10.7 Å². The first-order valence-corrected chi connectivity index (χ1v) is 4.64. The van der Waals surface area contributed by atoms with Crippen molar-refractivity contribution >= 4 is 17.2 Å². The number of benzene rings is 1. The molecule has 1 aliphatic carbocycles. The monoisotopic (exact) mass is 196 g/mol. The molecule has 0 heterocycles. The molecule has 0 aromatic heterocycles. The highest BCUT2D eigenvalue weighted by Crippen LogP contribution is 2.52. The predicted molar refractivity (Wildman–Crippen MR) is 53.3 cm³/mol. The second-order valence-electron chi connectivity index (χ2n) is 3.42. The van der Waals surface area contributed by atoms with Gasteiger partial charge in [-0.1, -0.05) is 24.8 Å². The number of rotatable bonds is 2. The van der Waals surface area contributed by atoms with Crippen LogP contribution in [0.15, 0.2) is 30.8 Å². The number of allylic oxidation sites excluding steroid dienone is 1. The minimum atomic E-state index is -0.359. The molecule has 68 valence electrons. The van der Waals surface area contributed by atoms with Gasteiger partial charge in [0.2, 0.25) is 0 Å². The van der Waals surface area contributed by atoms with Gasteiger partial charge in [-0.15, -0.1) is 11.6 Å². The lowest BCUT2D eigenvalue weighted by Gasteiger charge is -2.11. The van der Waals surface area contributed by atoms with E-state index < -0.39 is 0 Å². The lowest BCUT2D eigenvalue weighted by atomic mass is 10.0. The summed E-state index contributed by atoms with van der Waals surface area (Å²) in [5.74, 6) is -0.237.